The molecule has 0 fully saturated rings. The average molecular weight is 400 g/mol. The van der Waals surface area contributed by atoms with E-state index in [-0.39, 0.29) is 24.1 Å². The molecule has 0 aliphatic rings. The summed E-state index contributed by atoms with van der Waals surface area (Å²) in [5, 5.41) is 2.93. The summed E-state index contributed by atoms with van der Waals surface area (Å²) in [5.74, 6) is -0.158. The van der Waals surface area contributed by atoms with Gasteiger partial charge >= 0.3 is 0 Å². The van der Waals surface area contributed by atoms with Gasteiger partial charge in [-0.15, -0.1) is 0 Å². The van der Waals surface area contributed by atoms with Gasteiger partial charge in [-0.3, -0.25) is 14.2 Å². The van der Waals surface area contributed by atoms with Crippen LogP contribution < -0.4 is 10.9 Å². The number of amides is 1. The molecule has 1 N–H and O–H groups in total. The second kappa shape index (κ2) is 8.37. The third-order valence-electron chi connectivity index (χ3n) is 5.09. The van der Waals surface area contributed by atoms with Gasteiger partial charge in [0, 0.05) is 24.3 Å². The zero-order valence-electron chi connectivity index (χ0n) is 17.1. The van der Waals surface area contributed by atoms with Gasteiger partial charge in [-0.1, -0.05) is 60.7 Å². The predicted octanol–water partition coefficient (Wildman–Crippen LogP) is 3.76. The molecule has 2 aromatic heterocycles. The summed E-state index contributed by atoms with van der Waals surface area (Å²) in [7, 11) is 0. The van der Waals surface area contributed by atoms with Crippen molar-refractivity contribution in [1.29, 1.82) is 0 Å². The quantitative estimate of drug-likeness (QED) is 0.536. The highest BCUT2D eigenvalue weighted by Gasteiger charge is 2.18. The molecule has 2 heterocycles. The first-order valence-corrected chi connectivity index (χ1v) is 10.0. The van der Waals surface area contributed by atoms with Crippen LogP contribution >= 0.6 is 0 Å². The maximum Gasteiger partial charge on any atom is 0.278 e. The fourth-order valence-corrected chi connectivity index (χ4v) is 3.52. The van der Waals surface area contributed by atoms with Crippen molar-refractivity contribution >= 4 is 16.9 Å². The Bertz CT molecular complexity index is 1220. The van der Waals surface area contributed by atoms with Crippen molar-refractivity contribution in [2.45, 2.75) is 33.0 Å². The molecule has 0 saturated carbocycles. The van der Waals surface area contributed by atoms with Crippen molar-refractivity contribution in [2.75, 3.05) is 0 Å². The van der Waals surface area contributed by atoms with E-state index in [1.165, 1.54) is 0 Å². The molecule has 0 aliphatic heterocycles. The molecule has 0 atom stereocenters. The Kier molecular flexibility index (Phi) is 5.48. The first-order chi connectivity index (χ1) is 14.5. The predicted molar refractivity (Wildman–Crippen MR) is 118 cm³/mol. The largest absolute Gasteiger partial charge is 0.350 e. The molecular formula is C24H24N4O2. The van der Waals surface area contributed by atoms with Crippen LogP contribution in [0.4, 0.5) is 0 Å². The van der Waals surface area contributed by atoms with Crippen molar-refractivity contribution < 1.29 is 4.79 Å². The van der Waals surface area contributed by atoms with E-state index in [2.05, 4.69) is 10.3 Å². The first-order valence-electron chi connectivity index (χ1n) is 10.0. The van der Waals surface area contributed by atoms with Gasteiger partial charge in [0.25, 0.3) is 5.56 Å². The molecule has 6 nitrogen and oxygen atoms in total. The van der Waals surface area contributed by atoms with Gasteiger partial charge in [0.1, 0.15) is 17.6 Å². The van der Waals surface area contributed by atoms with Crippen LogP contribution in [0.15, 0.2) is 78.0 Å². The Morgan fingerprint density at radius 2 is 1.70 bits per heavy atom. The number of rotatable bonds is 6. The van der Waals surface area contributed by atoms with E-state index in [0.717, 1.165) is 16.7 Å². The van der Waals surface area contributed by atoms with E-state index >= 15 is 0 Å². The van der Waals surface area contributed by atoms with Crippen LogP contribution in [0.3, 0.4) is 0 Å². The van der Waals surface area contributed by atoms with E-state index in [1.807, 2.05) is 80.7 Å². The van der Waals surface area contributed by atoms with Gasteiger partial charge in [-0.05, 0) is 25.0 Å². The molecule has 0 radical (unpaired) electrons. The lowest BCUT2D eigenvalue weighted by molar-refractivity contribution is -0.121. The monoisotopic (exact) mass is 400 g/mol. The lowest BCUT2D eigenvalue weighted by atomic mass is 10.1. The molecule has 0 unspecified atom stereocenters. The molecule has 0 bridgehead atoms. The van der Waals surface area contributed by atoms with Crippen LogP contribution in [0.2, 0.25) is 0 Å². The summed E-state index contributed by atoms with van der Waals surface area (Å²) in [5.41, 5.74) is 3.73. The smallest absolute Gasteiger partial charge is 0.278 e. The summed E-state index contributed by atoms with van der Waals surface area (Å²) in [6.07, 6.45) is 3.43. The van der Waals surface area contributed by atoms with Crippen LogP contribution in [0.5, 0.6) is 0 Å². The molecule has 0 aliphatic carbocycles. The van der Waals surface area contributed by atoms with Crippen molar-refractivity contribution in [3.63, 3.8) is 0 Å². The molecule has 2 aromatic carbocycles. The van der Waals surface area contributed by atoms with Crippen LogP contribution in [0, 0.1) is 0 Å². The van der Waals surface area contributed by atoms with Gasteiger partial charge < -0.3 is 9.88 Å². The van der Waals surface area contributed by atoms with E-state index in [9.17, 15) is 9.59 Å². The zero-order valence-corrected chi connectivity index (χ0v) is 17.1. The second-order valence-corrected chi connectivity index (χ2v) is 7.55. The van der Waals surface area contributed by atoms with E-state index in [1.54, 1.807) is 15.5 Å². The summed E-state index contributed by atoms with van der Waals surface area (Å²) >= 11 is 0. The number of fused-ring (bicyclic) bond motifs is 1. The summed E-state index contributed by atoms with van der Waals surface area (Å²) in [6, 6.07) is 19.5. The minimum atomic E-state index is -0.158. The van der Waals surface area contributed by atoms with E-state index in [4.69, 9.17) is 0 Å². The lowest BCUT2D eigenvalue weighted by Crippen LogP contribution is -2.29. The molecule has 6 heteroatoms. The van der Waals surface area contributed by atoms with Crippen LogP contribution in [-0.2, 0) is 17.9 Å². The van der Waals surface area contributed by atoms with Gasteiger partial charge in [0.05, 0.1) is 6.33 Å². The Balaban J connectivity index is 1.71. The number of nitrogens with one attached hydrogen (secondary N) is 1. The summed E-state index contributed by atoms with van der Waals surface area (Å²) in [6.45, 7) is 4.37. The van der Waals surface area contributed by atoms with Crippen molar-refractivity contribution in [1.82, 2.24) is 19.4 Å². The molecular weight excluding hydrogens is 376 g/mol. The number of nitrogens with zero attached hydrogens (tertiary/aromatic N) is 3. The number of hydrogen-bond acceptors (Lipinski definition) is 3. The third-order valence-corrected chi connectivity index (χ3v) is 5.09. The van der Waals surface area contributed by atoms with Crippen molar-refractivity contribution in [3.8, 4) is 11.1 Å². The van der Waals surface area contributed by atoms with Crippen LogP contribution in [0.25, 0.3) is 22.2 Å². The molecule has 0 spiro atoms. The molecule has 30 heavy (non-hydrogen) atoms. The summed E-state index contributed by atoms with van der Waals surface area (Å²) in [4.78, 5) is 30.4. The highest BCUT2D eigenvalue weighted by molar-refractivity contribution is 5.93. The Morgan fingerprint density at radius 3 is 2.37 bits per heavy atom. The first kappa shape index (κ1) is 19.6. The van der Waals surface area contributed by atoms with Gasteiger partial charge in [0.15, 0.2) is 0 Å². The molecule has 152 valence electrons. The fourth-order valence-electron chi connectivity index (χ4n) is 3.52. The maximum atomic E-state index is 13.2. The highest BCUT2D eigenvalue weighted by Crippen LogP contribution is 2.27. The second-order valence-electron chi connectivity index (χ2n) is 7.55. The van der Waals surface area contributed by atoms with Crippen LogP contribution in [0.1, 0.15) is 25.5 Å². The number of benzene rings is 2. The topological polar surface area (TPSA) is 68.9 Å². The zero-order chi connectivity index (χ0) is 21.1. The summed E-state index contributed by atoms with van der Waals surface area (Å²) < 4.78 is 3.31. The number of carbonyl (C=O) groups excluding carboxylic acids is 1. The minimum Gasteiger partial charge on any atom is -0.350 e. The van der Waals surface area contributed by atoms with E-state index in [0.29, 0.717) is 17.6 Å². The van der Waals surface area contributed by atoms with Crippen LogP contribution in [-0.4, -0.2) is 20.0 Å². The standard InChI is InChI=1S/C24H24N4O2/c1-17(2)28-16-26-22-20(19-11-7-4-8-12-19)14-27(23(22)24(28)30)15-21(29)25-13-18-9-5-3-6-10-18/h3-12,14,16-17H,13,15H2,1-2H3,(H,25,29). The highest BCUT2D eigenvalue weighted by atomic mass is 16.2. The van der Waals surface area contributed by atoms with E-state index < -0.39 is 0 Å². The number of aromatic nitrogens is 3. The lowest BCUT2D eigenvalue weighted by Gasteiger charge is -2.11. The van der Waals surface area contributed by atoms with Crippen molar-refractivity contribution in [2.24, 2.45) is 0 Å². The van der Waals surface area contributed by atoms with Gasteiger partial charge in [0.2, 0.25) is 5.91 Å². The fraction of sp³-hybridized carbons (Fsp3) is 0.208. The Hall–Kier alpha value is -3.67. The molecule has 4 rings (SSSR count). The third kappa shape index (κ3) is 3.89. The molecule has 0 saturated heterocycles. The molecule has 4 aromatic rings. The van der Waals surface area contributed by atoms with Gasteiger partial charge in [-0.2, -0.15) is 0 Å². The Morgan fingerprint density at radius 1 is 1.03 bits per heavy atom. The molecule has 1 amide bonds. The average Bonchev–Trinajstić information content (AvgIpc) is 3.13. The van der Waals surface area contributed by atoms with Crippen molar-refractivity contribution in [3.05, 3.63) is 89.1 Å². The normalized spacial score (nSPS) is 11.2. The minimum absolute atomic E-state index is 0.0233. The maximum absolute atomic E-state index is 13.2. The number of hydrogen-bond donors (Lipinski definition) is 1. The SMILES string of the molecule is CC(C)n1cnc2c(-c3ccccc3)cn(CC(=O)NCc3ccccc3)c2c1=O. The Labute approximate surface area is 174 Å². The number of carbonyl (C=O) groups is 1. The van der Waals surface area contributed by atoms with Gasteiger partial charge in [-0.25, -0.2) is 4.98 Å².